The van der Waals surface area contributed by atoms with Crippen LogP contribution in [-0.2, 0) is 0 Å². The predicted molar refractivity (Wildman–Crippen MR) is 69.2 cm³/mol. The van der Waals surface area contributed by atoms with Crippen molar-refractivity contribution < 1.29 is 18.4 Å². The summed E-state index contributed by atoms with van der Waals surface area (Å²) >= 11 is 0. The second-order valence-electron chi connectivity index (χ2n) is 5.29. The van der Waals surface area contributed by atoms with Crippen LogP contribution >= 0.6 is 0 Å². The van der Waals surface area contributed by atoms with Crippen molar-refractivity contribution in [1.82, 2.24) is 5.32 Å². The SMILES string of the molecule is CC(C)(CCCCNCCCC(F)(F)F)C(N)=NO. The third-order valence-corrected chi connectivity index (χ3v) is 3.02. The zero-order valence-corrected chi connectivity index (χ0v) is 11.6. The lowest BCUT2D eigenvalue weighted by Gasteiger charge is -2.22. The number of hydrogen-bond acceptors (Lipinski definition) is 3. The van der Waals surface area contributed by atoms with Crippen molar-refractivity contribution in [2.75, 3.05) is 13.1 Å². The van der Waals surface area contributed by atoms with Gasteiger partial charge >= 0.3 is 6.18 Å². The van der Waals surface area contributed by atoms with Crippen LogP contribution in [0.2, 0.25) is 0 Å². The number of nitrogens with two attached hydrogens (primary N) is 1. The molecule has 0 aliphatic rings. The van der Waals surface area contributed by atoms with Crippen molar-refractivity contribution in [3.05, 3.63) is 0 Å². The minimum Gasteiger partial charge on any atom is -0.409 e. The molecule has 0 spiro atoms. The van der Waals surface area contributed by atoms with Gasteiger partial charge in [0.1, 0.15) is 5.84 Å². The molecule has 7 heteroatoms. The number of halogens is 3. The highest BCUT2D eigenvalue weighted by Crippen LogP contribution is 2.23. The van der Waals surface area contributed by atoms with Gasteiger partial charge in [0.15, 0.2) is 0 Å². The Bertz CT molecular complexity index is 278. The maximum Gasteiger partial charge on any atom is 0.389 e. The smallest absolute Gasteiger partial charge is 0.389 e. The summed E-state index contributed by atoms with van der Waals surface area (Å²) in [6, 6.07) is 0. The molecule has 19 heavy (non-hydrogen) atoms. The lowest BCUT2D eigenvalue weighted by molar-refractivity contribution is -0.135. The molecule has 0 fully saturated rings. The first kappa shape index (κ1) is 18.0. The van der Waals surface area contributed by atoms with Gasteiger partial charge in [-0.05, 0) is 32.4 Å². The van der Waals surface area contributed by atoms with Crippen LogP contribution in [0.4, 0.5) is 13.2 Å². The van der Waals surface area contributed by atoms with Gasteiger partial charge in [-0.2, -0.15) is 13.2 Å². The maximum atomic E-state index is 11.9. The molecule has 0 rings (SSSR count). The fraction of sp³-hybridized carbons (Fsp3) is 0.917. The number of amidine groups is 1. The van der Waals surface area contributed by atoms with E-state index in [1.165, 1.54) is 0 Å². The molecule has 0 bridgehead atoms. The summed E-state index contributed by atoms with van der Waals surface area (Å²) in [6.45, 7) is 4.84. The van der Waals surface area contributed by atoms with Gasteiger partial charge in [-0.3, -0.25) is 0 Å². The fourth-order valence-electron chi connectivity index (χ4n) is 1.62. The van der Waals surface area contributed by atoms with Gasteiger partial charge in [0.2, 0.25) is 0 Å². The molecule has 0 unspecified atom stereocenters. The predicted octanol–water partition coefficient (Wildman–Crippen LogP) is 2.86. The Balaban J connectivity index is 3.51. The van der Waals surface area contributed by atoms with E-state index in [0.29, 0.717) is 13.1 Å². The molecular formula is C12H24F3N3O. The first-order valence-corrected chi connectivity index (χ1v) is 6.44. The molecule has 0 heterocycles. The average molecular weight is 283 g/mol. The Labute approximate surface area is 112 Å². The molecule has 0 aliphatic heterocycles. The van der Waals surface area contributed by atoms with E-state index in [1.807, 2.05) is 13.8 Å². The second kappa shape index (κ2) is 8.24. The first-order chi connectivity index (χ1) is 8.69. The quantitative estimate of drug-likeness (QED) is 0.200. The van der Waals surface area contributed by atoms with Crippen molar-refractivity contribution in [2.24, 2.45) is 16.3 Å². The summed E-state index contributed by atoms with van der Waals surface area (Å²) in [7, 11) is 0. The zero-order valence-electron chi connectivity index (χ0n) is 11.6. The summed E-state index contributed by atoms with van der Waals surface area (Å²) in [4.78, 5) is 0. The van der Waals surface area contributed by atoms with E-state index >= 15 is 0 Å². The van der Waals surface area contributed by atoms with Gasteiger partial charge < -0.3 is 16.3 Å². The van der Waals surface area contributed by atoms with Crippen molar-refractivity contribution in [3.8, 4) is 0 Å². The highest BCUT2D eigenvalue weighted by atomic mass is 19.4. The molecule has 0 saturated heterocycles. The molecule has 0 atom stereocenters. The summed E-state index contributed by atoms with van der Waals surface area (Å²) in [5.74, 6) is 0.200. The van der Waals surface area contributed by atoms with Gasteiger partial charge in [0, 0.05) is 11.8 Å². The van der Waals surface area contributed by atoms with Crippen LogP contribution in [-0.4, -0.2) is 30.3 Å². The Kier molecular flexibility index (Phi) is 7.82. The van der Waals surface area contributed by atoms with E-state index in [2.05, 4.69) is 10.5 Å². The molecular weight excluding hydrogens is 259 g/mol. The normalized spacial score (nSPS) is 13.8. The number of nitrogens with zero attached hydrogens (tertiary/aromatic N) is 1. The number of nitrogens with one attached hydrogen (secondary N) is 1. The van der Waals surface area contributed by atoms with Gasteiger partial charge in [-0.15, -0.1) is 0 Å². The second-order valence-corrected chi connectivity index (χ2v) is 5.29. The lowest BCUT2D eigenvalue weighted by Crippen LogP contribution is -2.32. The Morgan fingerprint density at radius 3 is 2.21 bits per heavy atom. The molecule has 0 aromatic carbocycles. The fourth-order valence-corrected chi connectivity index (χ4v) is 1.62. The number of rotatable bonds is 9. The lowest BCUT2D eigenvalue weighted by atomic mass is 9.86. The first-order valence-electron chi connectivity index (χ1n) is 6.44. The van der Waals surface area contributed by atoms with Crippen LogP contribution in [0.15, 0.2) is 5.16 Å². The van der Waals surface area contributed by atoms with Crippen LogP contribution in [0, 0.1) is 5.41 Å². The largest absolute Gasteiger partial charge is 0.409 e. The van der Waals surface area contributed by atoms with Gasteiger partial charge in [-0.1, -0.05) is 25.4 Å². The highest BCUT2D eigenvalue weighted by Gasteiger charge is 2.25. The molecule has 4 nitrogen and oxygen atoms in total. The number of alkyl halides is 3. The summed E-state index contributed by atoms with van der Waals surface area (Å²) < 4.78 is 35.6. The Morgan fingerprint density at radius 1 is 1.11 bits per heavy atom. The molecule has 0 aromatic heterocycles. The molecule has 4 N–H and O–H groups in total. The Hall–Kier alpha value is -0.980. The maximum absolute atomic E-state index is 11.9. The van der Waals surface area contributed by atoms with Gasteiger partial charge in [0.05, 0.1) is 0 Å². The molecule has 0 aliphatic carbocycles. The molecule has 114 valence electrons. The topological polar surface area (TPSA) is 70.6 Å². The number of hydrogen-bond donors (Lipinski definition) is 3. The number of oxime groups is 1. The zero-order chi connectivity index (χ0) is 14.9. The van der Waals surface area contributed by atoms with Gasteiger partial charge in [0.25, 0.3) is 0 Å². The van der Waals surface area contributed by atoms with Crippen molar-refractivity contribution in [2.45, 2.75) is 52.1 Å². The van der Waals surface area contributed by atoms with Crippen LogP contribution < -0.4 is 11.1 Å². The van der Waals surface area contributed by atoms with E-state index in [-0.39, 0.29) is 17.7 Å². The van der Waals surface area contributed by atoms with E-state index < -0.39 is 12.6 Å². The van der Waals surface area contributed by atoms with E-state index in [4.69, 9.17) is 10.9 Å². The molecule has 0 amide bonds. The van der Waals surface area contributed by atoms with Crippen LogP contribution in [0.5, 0.6) is 0 Å². The summed E-state index contributed by atoms with van der Waals surface area (Å²) in [5, 5.41) is 14.6. The number of unbranched alkanes of at least 4 members (excludes halogenated alkanes) is 1. The minimum absolute atomic E-state index is 0.110. The van der Waals surface area contributed by atoms with E-state index in [0.717, 1.165) is 19.3 Å². The standard InChI is InChI=1S/C12H24F3N3O/c1-11(2,10(16)18-19)6-3-4-8-17-9-5-7-12(13,14)15/h17,19H,3-9H2,1-2H3,(H2,16,18). The molecule has 0 aromatic rings. The van der Waals surface area contributed by atoms with Gasteiger partial charge in [-0.25, -0.2) is 0 Å². The molecule has 0 saturated carbocycles. The average Bonchev–Trinajstić information content (AvgIpc) is 2.30. The van der Waals surface area contributed by atoms with Crippen LogP contribution in [0.1, 0.15) is 46.0 Å². The van der Waals surface area contributed by atoms with E-state index in [9.17, 15) is 13.2 Å². The van der Waals surface area contributed by atoms with Crippen molar-refractivity contribution >= 4 is 5.84 Å². The molecule has 0 radical (unpaired) electrons. The third-order valence-electron chi connectivity index (χ3n) is 3.02. The van der Waals surface area contributed by atoms with Crippen molar-refractivity contribution in [3.63, 3.8) is 0 Å². The van der Waals surface area contributed by atoms with Crippen molar-refractivity contribution in [1.29, 1.82) is 0 Å². The monoisotopic (exact) mass is 283 g/mol. The third kappa shape index (κ3) is 9.58. The van der Waals surface area contributed by atoms with E-state index in [1.54, 1.807) is 0 Å². The van der Waals surface area contributed by atoms with Crippen LogP contribution in [0.3, 0.4) is 0 Å². The highest BCUT2D eigenvalue weighted by molar-refractivity contribution is 5.85. The summed E-state index contributed by atoms with van der Waals surface area (Å²) in [5.41, 5.74) is 5.19. The Morgan fingerprint density at radius 2 is 1.68 bits per heavy atom. The summed E-state index contributed by atoms with van der Waals surface area (Å²) in [6.07, 6.45) is -2.20. The minimum atomic E-state index is -4.06. The van der Waals surface area contributed by atoms with Crippen LogP contribution in [0.25, 0.3) is 0 Å².